The molecule has 0 saturated carbocycles. The molecule has 0 unspecified atom stereocenters. The van der Waals surface area contributed by atoms with E-state index in [-0.39, 0.29) is 18.0 Å². The lowest BCUT2D eigenvalue weighted by atomic mass is 10.1. The first-order valence-electron chi connectivity index (χ1n) is 10.7. The van der Waals surface area contributed by atoms with Crippen LogP contribution in [-0.2, 0) is 9.53 Å². The van der Waals surface area contributed by atoms with Crippen LogP contribution in [0.5, 0.6) is 0 Å². The van der Waals surface area contributed by atoms with Crippen molar-refractivity contribution in [3.05, 3.63) is 88.1 Å². The molecular formula is C26H23ClN4O3. The van der Waals surface area contributed by atoms with Crippen LogP contribution in [-0.4, -0.2) is 33.2 Å². The van der Waals surface area contributed by atoms with Gasteiger partial charge in [0.25, 0.3) is 0 Å². The smallest absolute Gasteiger partial charge is 0.343 e. The quantitative estimate of drug-likeness (QED) is 0.294. The number of para-hydroxylation sites is 1. The zero-order chi connectivity index (χ0) is 24.2. The number of halogens is 1. The van der Waals surface area contributed by atoms with E-state index in [4.69, 9.17) is 21.3 Å². The van der Waals surface area contributed by atoms with Crippen molar-refractivity contribution in [2.24, 2.45) is 0 Å². The predicted octanol–water partition coefficient (Wildman–Crippen LogP) is 5.52. The summed E-state index contributed by atoms with van der Waals surface area (Å²) >= 11 is 5.91. The Morgan fingerprint density at radius 3 is 2.62 bits per heavy atom. The molecule has 4 aromatic rings. The SMILES string of the molecule is CCOC(=O)c1cnn(-c2cc(C)c3cccc(C)c3n2)c1NC(=O)/C=C/c1ccc(Cl)cc1. The van der Waals surface area contributed by atoms with Crippen molar-refractivity contribution < 1.29 is 14.3 Å². The molecule has 7 nitrogen and oxygen atoms in total. The first-order chi connectivity index (χ1) is 16.4. The number of fused-ring (bicyclic) bond motifs is 1. The van der Waals surface area contributed by atoms with E-state index in [1.165, 1.54) is 17.0 Å². The summed E-state index contributed by atoms with van der Waals surface area (Å²) in [5.41, 5.74) is 3.78. The number of aryl methyl sites for hydroxylation is 2. The van der Waals surface area contributed by atoms with Gasteiger partial charge in [0, 0.05) is 16.5 Å². The van der Waals surface area contributed by atoms with Crippen molar-refractivity contribution in [2.45, 2.75) is 20.8 Å². The molecule has 0 bridgehead atoms. The third kappa shape index (κ3) is 4.84. The molecular weight excluding hydrogens is 452 g/mol. The van der Waals surface area contributed by atoms with Crippen LogP contribution in [0, 0.1) is 13.8 Å². The van der Waals surface area contributed by atoms with Gasteiger partial charge < -0.3 is 10.1 Å². The molecule has 34 heavy (non-hydrogen) atoms. The van der Waals surface area contributed by atoms with Crippen LogP contribution >= 0.6 is 11.6 Å². The van der Waals surface area contributed by atoms with E-state index in [1.54, 1.807) is 37.3 Å². The van der Waals surface area contributed by atoms with E-state index in [2.05, 4.69) is 10.4 Å². The fourth-order valence-electron chi connectivity index (χ4n) is 3.56. The van der Waals surface area contributed by atoms with Gasteiger partial charge in [0.05, 0.1) is 18.3 Å². The Bertz CT molecular complexity index is 1410. The van der Waals surface area contributed by atoms with Gasteiger partial charge in [0.1, 0.15) is 5.56 Å². The Morgan fingerprint density at radius 2 is 1.88 bits per heavy atom. The molecule has 2 heterocycles. The molecule has 0 spiro atoms. The Balaban J connectivity index is 1.74. The van der Waals surface area contributed by atoms with Crippen LogP contribution in [0.1, 0.15) is 34.0 Å². The molecule has 1 amide bonds. The summed E-state index contributed by atoms with van der Waals surface area (Å²) in [5.74, 6) is -0.355. The Labute approximate surface area is 202 Å². The normalized spacial score (nSPS) is 11.2. The lowest BCUT2D eigenvalue weighted by Gasteiger charge is -2.12. The fourth-order valence-corrected chi connectivity index (χ4v) is 3.68. The minimum absolute atomic E-state index is 0.138. The standard InChI is InChI=1S/C26H23ClN4O3/c1-4-34-26(33)21-15-28-31(22-14-17(3)20-7-5-6-16(2)24(20)29-22)25(21)30-23(32)13-10-18-8-11-19(27)12-9-18/h5-15H,4H2,1-3H3,(H,30,32)/b13-10+. The molecule has 172 valence electrons. The number of anilines is 1. The third-order valence-corrected chi connectivity index (χ3v) is 5.51. The number of aromatic nitrogens is 3. The van der Waals surface area contributed by atoms with Crippen LogP contribution in [0.2, 0.25) is 5.02 Å². The minimum Gasteiger partial charge on any atom is -0.462 e. The van der Waals surface area contributed by atoms with Crippen LogP contribution in [0.25, 0.3) is 22.8 Å². The zero-order valence-corrected chi connectivity index (χ0v) is 19.8. The topological polar surface area (TPSA) is 86.1 Å². The number of pyridine rings is 1. The summed E-state index contributed by atoms with van der Waals surface area (Å²) in [4.78, 5) is 30.1. The number of benzene rings is 2. The highest BCUT2D eigenvalue weighted by molar-refractivity contribution is 6.30. The Hall–Kier alpha value is -3.97. The number of hydrogen-bond donors (Lipinski definition) is 1. The number of esters is 1. The third-order valence-electron chi connectivity index (χ3n) is 5.25. The summed E-state index contributed by atoms with van der Waals surface area (Å²) in [6, 6.07) is 14.9. The van der Waals surface area contributed by atoms with E-state index in [9.17, 15) is 9.59 Å². The average molecular weight is 475 g/mol. The summed E-state index contributed by atoms with van der Waals surface area (Å²) in [6.45, 7) is 5.87. The number of carbonyl (C=O) groups is 2. The summed E-state index contributed by atoms with van der Waals surface area (Å²) < 4.78 is 6.60. The molecule has 1 N–H and O–H groups in total. The highest BCUT2D eigenvalue weighted by atomic mass is 35.5. The van der Waals surface area contributed by atoms with E-state index in [0.717, 1.165) is 27.6 Å². The monoisotopic (exact) mass is 474 g/mol. The lowest BCUT2D eigenvalue weighted by Crippen LogP contribution is -2.16. The molecule has 2 aromatic carbocycles. The van der Waals surface area contributed by atoms with Crippen LogP contribution in [0.4, 0.5) is 5.82 Å². The Morgan fingerprint density at radius 1 is 1.12 bits per heavy atom. The second kappa shape index (κ2) is 9.89. The summed E-state index contributed by atoms with van der Waals surface area (Å²) in [6.07, 6.45) is 4.40. The molecule has 0 atom stereocenters. The number of rotatable bonds is 6. The first kappa shape index (κ1) is 23.2. The van der Waals surface area contributed by atoms with Gasteiger partial charge in [-0.05, 0) is 61.7 Å². The van der Waals surface area contributed by atoms with Crippen molar-refractivity contribution in [2.75, 3.05) is 11.9 Å². The van der Waals surface area contributed by atoms with E-state index in [0.29, 0.717) is 10.8 Å². The van der Waals surface area contributed by atoms with Crippen molar-refractivity contribution in [1.82, 2.24) is 14.8 Å². The molecule has 0 fully saturated rings. The lowest BCUT2D eigenvalue weighted by molar-refractivity contribution is -0.111. The molecule has 4 rings (SSSR count). The van der Waals surface area contributed by atoms with E-state index in [1.807, 2.05) is 38.1 Å². The van der Waals surface area contributed by atoms with Gasteiger partial charge in [-0.25, -0.2) is 9.78 Å². The molecule has 0 radical (unpaired) electrons. The van der Waals surface area contributed by atoms with E-state index >= 15 is 0 Å². The highest BCUT2D eigenvalue weighted by Crippen LogP contribution is 2.26. The second-order valence-electron chi connectivity index (χ2n) is 7.68. The number of hydrogen-bond acceptors (Lipinski definition) is 5. The van der Waals surface area contributed by atoms with Gasteiger partial charge in [-0.2, -0.15) is 9.78 Å². The van der Waals surface area contributed by atoms with Crippen LogP contribution in [0.15, 0.2) is 60.8 Å². The predicted molar refractivity (Wildman–Crippen MR) is 133 cm³/mol. The number of ether oxygens (including phenoxy) is 1. The van der Waals surface area contributed by atoms with Crippen LogP contribution in [0.3, 0.4) is 0 Å². The van der Waals surface area contributed by atoms with Crippen molar-refractivity contribution in [1.29, 1.82) is 0 Å². The largest absolute Gasteiger partial charge is 0.462 e. The summed E-state index contributed by atoms with van der Waals surface area (Å²) in [5, 5.41) is 8.75. The molecule has 8 heteroatoms. The minimum atomic E-state index is -0.584. The number of carbonyl (C=O) groups excluding carboxylic acids is 2. The zero-order valence-electron chi connectivity index (χ0n) is 19.0. The second-order valence-corrected chi connectivity index (χ2v) is 8.12. The average Bonchev–Trinajstić information content (AvgIpc) is 3.23. The molecule has 2 aromatic heterocycles. The summed E-state index contributed by atoms with van der Waals surface area (Å²) in [7, 11) is 0. The highest BCUT2D eigenvalue weighted by Gasteiger charge is 2.22. The van der Waals surface area contributed by atoms with Gasteiger partial charge in [-0.3, -0.25) is 4.79 Å². The van der Waals surface area contributed by atoms with Gasteiger partial charge in [-0.15, -0.1) is 0 Å². The molecule has 0 aliphatic rings. The number of nitrogens with one attached hydrogen (secondary N) is 1. The first-order valence-corrected chi connectivity index (χ1v) is 11.1. The maximum absolute atomic E-state index is 12.8. The van der Waals surface area contributed by atoms with Crippen molar-refractivity contribution >= 4 is 46.3 Å². The van der Waals surface area contributed by atoms with Gasteiger partial charge in [0.15, 0.2) is 11.6 Å². The molecule has 0 aliphatic heterocycles. The fraction of sp³-hybridized carbons (Fsp3) is 0.154. The van der Waals surface area contributed by atoms with Crippen molar-refractivity contribution in [3.8, 4) is 5.82 Å². The number of nitrogens with zero attached hydrogens (tertiary/aromatic N) is 3. The molecule has 0 aliphatic carbocycles. The Kier molecular flexibility index (Phi) is 6.75. The number of amides is 1. The van der Waals surface area contributed by atoms with Gasteiger partial charge in [0.2, 0.25) is 5.91 Å². The maximum Gasteiger partial charge on any atom is 0.343 e. The molecule has 0 saturated heterocycles. The van der Waals surface area contributed by atoms with Gasteiger partial charge in [-0.1, -0.05) is 41.9 Å². The van der Waals surface area contributed by atoms with Crippen LogP contribution < -0.4 is 5.32 Å². The van der Waals surface area contributed by atoms with Crippen molar-refractivity contribution in [3.63, 3.8) is 0 Å². The maximum atomic E-state index is 12.8. The van der Waals surface area contributed by atoms with E-state index < -0.39 is 11.9 Å². The van der Waals surface area contributed by atoms with Gasteiger partial charge >= 0.3 is 5.97 Å².